The van der Waals surface area contributed by atoms with Crippen molar-refractivity contribution in [1.29, 1.82) is 0 Å². The van der Waals surface area contributed by atoms with E-state index in [-0.39, 0.29) is 0 Å². The van der Waals surface area contributed by atoms with Crippen LogP contribution in [0.15, 0.2) is 0 Å². The summed E-state index contributed by atoms with van der Waals surface area (Å²) in [6.45, 7) is 12.3. The quantitative estimate of drug-likeness (QED) is 0.718. The van der Waals surface area contributed by atoms with Crippen LogP contribution in [-0.4, -0.2) is 50.8 Å². The summed E-state index contributed by atoms with van der Waals surface area (Å²) in [5.74, 6) is 0. The first kappa shape index (κ1) is 13.9. The summed E-state index contributed by atoms with van der Waals surface area (Å²) in [5, 5.41) is 3.27. The van der Waals surface area contributed by atoms with Gasteiger partial charge in [-0.25, -0.2) is 0 Å². The van der Waals surface area contributed by atoms with Crippen LogP contribution < -0.4 is 5.32 Å². The van der Waals surface area contributed by atoms with Gasteiger partial charge in [0.1, 0.15) is 0 Å². The van der Waals surface area contributed by atoms with Crippen molar-refractivity contribution in [3.05, 3.63) is 0 Å². The lowest BCUT2D eigenvalue weighted by Crippen LogP contribution is -2.42. The predicted molar refractivity (Wildman–Crippen MR) is 68.8 cm³/mol. The molecule has 1 atom stereocenters. The monoisotopic (exact) mass is 228 g/mol. The molecular weight excluding hydrogens is 200 g/mol. The SMILES string of the molecule is CCN(CC1CCCO1)CC(C)(C)CNC. The van der Waals surface area contributed by atoms with Crippen molar-refractivity contribution in [2.75, 3.05) is 39.8 Å². The number of likely N-dealkylation sites (N-methyl/N-ethyl adjacent to an activating group) is 1. The van der Waals surface area contributed by atoms with Crippen molar-refractivity contribution in [1.82, 2.24) is 10.2 Å². The summed E-state index contributed by atoms with van der Waals surface area (Å²) >= 11 is 0. The molecule has 1 fully saturated rings. The highest BCUT2D eigenvalue weighted by Gasteiger charge is 2.24. The van der Waals surface area contributed by atoms with E-state index in [4.69, 9.17) is 4.74 Å². The van der Waals surface area contributed by atoms with Gasteiger partial charge >= 0.3 is 0 Å². The third-order valence-corrected chi connectivity index (χ3v) is 3.24. The molecule has 0 aromatic carbocycles. The van der Waals surface area contributed by atoms with E-state index in [0.717, 1.165) is 32.8 Å². The summed E-state index contributed by atoms with van der Waals surface area (Å²) < 4.78 is 5.70. The molecule has 0 radical (unpaired) electrons. The Kier molecular flexibility index (Phi) is 5.73. The first-order valence-corrected chi connectivity index (χ1v) is 6.56. The molecule has 1 saturated heterocycles. The maximum absolute atomic E-state index is 5.70. The Morgan fingerprint density at radius 3 is 2.69 bits per heavy atom. The Morgan fingerprint density at radius 1 is 1.44 bits per heavy atom. The summed E-state index contributed by atoms with van der Waals surface area (Å²) in [7, 11) is 2.03. The Balaban J connectivity index is 2.35. The zero-order valence-electron chi connectivity index (χ0n) is 11.4. The molecule has 1 heterocycles. The number of ether oxygens (including phenoxy) is 1. The van der Waals surface area contributed by atoms with Gasteiger partial charge in [0.05, 0.1) is 6.10 Å². The average Bonchev–Trinajstić information content (AvgIpc) is 2.69. The lowest BCUT2D eigenvalue weighted by molar-refractivity contribution is 0.0614. The van der Waals surface area contributed by atoms with Crippen LogP contribution in [0.1, 0.15) is 33.6 Å². The predicted octanol–water partition coefficient (Wildman–Crippen LogP) is 1.73. The van der Waals surface area contributed by atoms with Gasteiger partial charge < -0.3 is 15.0 Å². The number of hydrogen-bond donors (Lipinski definition) is 1. The zero-order chi connectivity index (χ0) is 12.0. The second-order valence-corrected chi connectivity index (χ2v) is 5.66. The number of hydrogen-bond acceptors (Lipinski definition) is 3. The maximum Gasteiger partial charge on any atom is 0.0702 e. The van der Waals surface area contributed by atoms with Gasteiger partial charge in [-0.3, -0.25) is 0 Å². The minimum Gasteiger partial charge on any atom is -0.377 e. The van der Waals surface area contributed by atoms with Gasteiger partial charge in [0.2, 0.25) is 0 Å². The molecule has 0 spiro atoms. The molecular formula is C13H28N2O. The van der Waals surface area contributed by atoms with Crippen molar-refractivity contribution in [2.24, 2.45) is 5.41 Å². The highest BCUT2D eigenvalue weighted by atomic mass is 16.5. The third-order valence-electron chi connectivity index (χ3n) is 3.24. The number of rotatable bonds is 7. The molecule has 16 heavy (non-hydrogen) atoms. The van der Waals surface area contributed by atoms with E-state index in [1.165, 1.54) is 12.8 Å². The van der Waals surface area contributed by atoms with Crippen LogP contribution in [0, 0.1) is 5.41 Å². The Labute approximate surface area is 101 Å². The van der Waals surface area contributed by atoms with Gasteiger partial charge in [-0.15, -0.1) is 0 Å². The molecule has 0 saturated carbocycles. The molecule has 0 amide bonds. The van der Waals surface area contributed by atoms with Crippen molar-refractivity contribution in [3.63, 3.8) is 0 Å². The first-order valence-electron chi connectivity index (χ1n) is 6.56. The Morgan fingerprint density at radius 2 is 2.19 bits per heavy atom. The summed E-state index contributed by atoms with van der Waals surface area (Å²) in [5.41, 5.74) is 0.337. The highest BCUT2D eigenvalue weighted by Crippen LogP contribution is 2.18. The van der Waals surface area contributed by atoms with E-state index in [9.17, 15) is 0 Å². The van der Waals surface area contributed by atoms with E-state index in [2.05, 4.69) is 31.0 Å². The number of nitrogens with one attached hydrogen (secondary N) is 1. The van der Waals surface area contributed by atoms with Crippen LogP contribution in [0.2, 0.25) is 0 Å². The van der Waals surface area contributed by atoms with Crippen molar-refractivity contribution in [2.45, 2.75) is 39.7 Å². The molecule has 1 unspecified atom stereocenters. The van der Waals surface area contributed by atoms with Crippen LogP contribution in [0.5, 0.6) is 0 Å². The molecule has 3 heteroatoms. The molecule has 0 aromatic rings. The van der Waals surface area contributed by atoms with Crippen LogP contribution >= 0.6 is 0 Å². The highest BCUT2D eigenvalue weighted by molar-refractivity contribution is 4.78. The topological polar surface area (TPSA) is 24.5 Å². The minimum absolute atomic E-state index is 0.337. The average molecular weight is 228 g/mol. The van der Waals surface area contributed by atoms with Crippen LogP contribution in [0.4, 0.5) is 0 Å². The Hall–Kier alpha value is -0.120. The molecule has 0 aliphatic carbocycles. The lowest BCUT2D eigenvalue weighted by Gasteiger charge is -2.33. The van der Waals surface area contributed by atoms with Crippen LogP contribution in [0.3, 0.4) is 0 Å². The van der Waals surface area contributed by atoms with Crippen LogP contribution in [0.25, 0.3) is 0 Å². The zero-order valence-corrected chi connectivity index (χ0v) is 11.4. The lowest BCUT2D eigenvalue weighted by atomic mass is 9.92. The van der Waals surface area contributed by atoms with Crippen molar-refractivity contribution >= 4 is 0 Å². The van der Waals surface area contributed by atoms with Gasteiger partial charge in [-0.05, 0) is 31.8 Å². The smallest absolute Gasteiger partial charge is 0.0702 e. The molecule has 96 valence electrons. The van der Waals surface area contributed by atoms with Gasteiger partial charge in [0.25, 0.3) is 0 Å². The second-order valence-electron chi connectivity index (χ2n) is 5.66. The first-order chi connectivity index (χ1) is 7.57. The second kappa shape index (κ2) is 6.58. The van der Waals surface area contributed by atoms with Gasteiger partial charge in [0.15, 0.2) is 0 Å². The van der Waals surface area contributed by atoms with E-state index in [1.54, 1.807) is 0 Å². The molecule has 1 aliphatic heterocycles. The maximum atomic E-state index is 5.70. The van der Waals surface area contributed by atoms with Gasteiger partial charge in [-0.1, -0.05) is 20.8 Å². The summed E-state index contributed by atoms with van der Waals surface area (Å²) in [6, 6.07) is 0. The van der Waals surface area contributed by atoms with Gasteiger partial charge in [0, 0.05) is 26.2 Å². The van der Waals surface area contributed by atoms with E-state index >= 15 is 0 Å². The van der Waals surface area contributed by atoms with E-state index < -0.39 is 0 Å². The van der Waals surface area contributed by atoms with E-state index in [0.29, 0.717) is 11.5 Å². The molecule has 3 nitrogen and oxygen atoms in total. The normalized spacial score (nSPS) is 21.9. The van der Waals surface area contributed by atoms with Gasteiger partial charge in [-0.2, -0.15) is 0 Å². The van der Waals surface area contributed by atoms with Crippen molar-refractivity contribution in [3.8, 4) is 0 Å². The number of nitrogens with zero attached hydrogens (tertiary/aromatic N) is 1. The van der Waals surface area contributed by atoms with Crippen LogP contribution in [-0.2, 0) is 4.74 Å². The molecule has 1 aliphatic rings. The minimum atomic E-state index is 0.337. The molecule has 0 aromatic heterocycles. The fourth-order valence-electron chi connectivity index (χ4n) is 2.52. The van der Waals surface area contributed by atoms with E-state index in [1.807, 2.05) is 7.05 Å². The molecule has 1 N–H and O–H groups in total. The molecule has 1 rings (SSSR count). The third kappa shape index (κ3) is 4.81. The largest absolute Gasteiger partial charge is 0.377 e. The Bertz CT molecular complexity index is 188. The van der Waals surface area contributed by atoms with Crippen molar-refractivity contribution < 1.29 is 4.74 Å². The summed E-state index contributed by atoms with van der Waals surface area (Å²) in [4.78, 5) is 2.52. The summed E-state index contributed by atoms with van der Waals surface area (Å²) in [6.07, 6.45) is 2.95. The fourth-order valence-corrected chi connectivity index (χ4v) is 2.52. The fraction of sp³-hybridized carbons (Fsp3) is 1.00. The molecule has 0 bridgehead atoms. The standard InChI is InChI=1S/C13H28N2O/c1-5-15(9-12-7-6-8-16-12)11-13(2,3)10-14-4/h12,14H,5-11H2,1-4H3.